The lowest BCUT2D eigenvalue weighted by molar-refractivity contribution is -0.129. The Kier molecular flexibility index (Phi) is 4.41. The summed E-state index contributed by atoms with van der Waals surface area (Å²) in [6.45, 7) is 8.22. The number of aryl methyl sites for hydroxylation is 2. The molecule has 0 bridgehead atoms. The van der Waals surface area contributed by atoms with Gasteiger partial charge in [-0.3, -0.25) is 14.3 Å². The number of hydrogen-bond donors (Lipinski definition) is 1. The molecule has 1 atom stereocenters. The van der Waals surface area contributed by atoms with Crippen LogP contribution in [0.2, 0.25) is 0 Å². The molecular weight excluding hydrogens is 292 g/mol. The highest BCUT2D eigenvalue weighted by atomic mass is 16.2. The van der Waals surface area contributed by atoms with Gasteiger partial charge in [0.1, 0.15) is 0 Å². The van der Waals surface area contributed by atoms with Crippen molar-refractivity contribution in [3.05, 3.63) is 17.0 Å². The Morgan fingerprint density at radius 1 is 1.35 bits per heavy atom. The van der Waals surface area contributed by atoms with Crippen molar-refractivity contribution in [1.82, 2.24) is 20.0 Å². The summed E-state index contributed by atoms with van der Waals surface area (Å²) >= 11 is 0. The highest BCUT2D eigenvalue weighted by Crippen LogP contribution is 2.32. The van der Waals surface area contributed by atoms with E-state index in [0.29, 0.717) is 25.6 Å². The van der Waals surface area contributed by atoms with Crippen LogP contribution in [0.15, 0.2) is 0 Å². The molecule has 6 heteroatoms. The first kappa shape index (κ1) is 16.0. The fourth-order valence-electron chi connectivity index (χ4n) is 3.51. The van der Waals surface area contributed by atoms with Crippen LogP contribution < -0.4 is 5.32 Å². The number of amides is 2. The van der Waals surface area contributed by atoms with Gasteiger partial charge in [-0.15, -0.1) is 0 Å². The van der Waals surface area contributed by atoms with E-state index in [0.717, 1.165) is 31.5 Å². The number of aromatic nitrogens is 2. The third kappa shape index (κ3) is 3.26. The molecule has 0 unspecified atom stereocenters. The van der Waals surface area contributed by atoms with Gasteiger partial charge in [0, 0.05) is 37.8 Å². The molecule has 0 radical (unpaired) electrons. The summed E-state index contributed by atoms with van der Waals surface area (Å²) in [6, 6.07) is 0.408. The Morgan fingerprint density at radius 3 is 2.70 bits per heavy atom. The predicted octanol–water partition coefficient (Wildman–Crippen LogP) is 1.19. The smallest absolute Gasteiger partial charge is 0.225 e. The van der Waals surface area contributed by atoms with Gasteiger partial charge in [0.05, 0.1) is 11.6 Å². The lowest BCUT2D eigenvalue weighted by Crippen LogP contribution is -2.34. The van der Waals surface area contributed by atoms with Crippen molar-refractivity contribution < 1.29 is 9.59 Å². The number of likely N-dealkylation sites (tertiary alicyclic amines) is 1. The van der Waals surface area contributed by atoms with Crippen LogP contribution >= 0.6 is 0 Å². The van der Waals surface area contributed by atoms with Crippen LogP contribution in [-0.4, -0.2) is 45.6 Å². The first-order valence-corrected chi connectivity index (χ1v) is 8.61. The highest BCUT2D eigenvalue weighted by Gasteiger charge is 2.41. The topological polar surface area (TPSA) is 67.2 Å². The van der Waals surface area contributed by atoms with E-state index in [4.69, 9.17) is 0 Å². The number of carbonyl (C=O) groups excluding carboxylic acids is 2. The van der Waals surface area contributed by atoms with Crippen molar-refractivity contribution in [3.8, 4) is 0 Å². The fourth-order valence-corrected chi connectivity index (χ4v) is 3.51. The standard InChI is InChI=1S/C17H26N4O2/c1-4-21-12(3)15(11(2)19-21)7-8-18-17(23)13-9-16(22)20(10-13)14-5-6-14/h13-14H,4-10H2,1-3H3,(H,18,23)/t13-/m1/s1. The van der Waals surface area contributed by atoms with Crippen LogP contribution in [0.4, 0.5) is 0 Å². The Bertz CT molecular complexity index is 618. The molecule has 1 aliphatic heterocycles. The monoisotopic (exact) mass is 318 g/mol. The molecule has 1 saturated carbocycles. The Morgan fingerprint density at radius 2 is 2.09 bits per heavy atom. The van der Waals surface area contributed by atoms with E-state index in [1.807, 2.05) is 16.5 Å². The third-order valence-electron chi connectivity index (χ3n) is 5.02. The maximum Gasteiger partial charge on any atom is 0.225 e. The SMILES string of the molecule is CCn1nc(C)c(CCNC(=O)[C@@H]2CC(=O)N(C3CC3)C2)c1C. The van der Waals surface area contributed by atoms with Gasteiger partial charge in [-0.1, -0.05) is 0 Å². The Hall–Kier alpha value is -1.85. The van der Waals surface area contributed by atoms with E-state index in [1.165, 1.54) is 11.3 Å². The van der Waals surface area contributed by atoms with Crippen molar-refractivity contribution in [2.75, 3.05) is 13.1 Å². The summed E-state index contributed by atoms with van der Waals surface area (Å²) in [5.41, 5.74) is 3.43. The van der Waals surface area contributed by atoms with E-state index in [-0.39, 0.29) is 17.7 Å². The maximum absolute atomic E-state index is 12.3. The number of nitrogens with zero attached hydrogens (tertiary/aromatic N) is 3. The van der Waals surface area contributed by atoms with E-state index < -0.39 is 0 Å². The molecule has 2 heterocycles. The highest BCUT2D eigenvalue weighted by molar-refractivity contribution is 5.89. The lowest BCUT2D eigenvalue weighted by atomic mass is 10.1. The van der Waals surface area contributed by atoms with E-state index in [2.05, 4.69) is 24.3 Å². The van der Waals surface area contributed by atoms with Gasteiger partial charge in [0.15, 0.2) is 0 Å². The molecule has 0 spiro atoms. The number of nitrogens with one attached hydrogen (secondary N) is 1. The van der Waals surface area contributed by atoms with Crippen LogP contribution in [0.25, 0.3) is 0 Å². The molecule has 3 rings (SSSR count). The molecule has 2 fully saturated rings. The van der Waals surface area contributed by atoms with E-state index >= 15 is 0 Å². The van der Waals surface area contributed by atoms with Gasteiger partial charge in [-0.05, 0) is 45.6 Å². The minimum Gasteiger partial charge on any atom is -0.355 e. The van der Waals surface area contributed by atoms with E-state index in [9.17, 15) is 9.59 Å². The van der Waals surface area contributed by atoms with Crippen LogP contribution in [-0.2, 0) is 22.6 Å². The van der Waals surface area contributed by atoms with Gasteiger partial charge >= 0.3 is 0 Å². The molecule has 2 aliphatic rings. The zero-order valence-corrected chi connectivity index (χ0v) is 14.3. The van der Waals surface area contributed by atoms with Crippen molar-refractivity contribution in [1.29, 1.82) is 0 Å². The average Bonchev–Trinajstić information content (AvgIpc) is 3.24. The van der Waals surface area contributed by atoms with Crippen molar-refractivity contribution in [2.45, 2.75) is 59.0 Å². The summed E-state index contributed by atoms with van der Waals surface area (Å²) < 4.78 is 2.00. The molecule has 1 saturated heterocycles. The van der Waals surface area contributed by atoms with Crippen molar-refractivity contribution in [3.63, 3.8) is 0 Å². The van der Waals surface area contributed by atoms with Crippen LogP contribution in [0.3, 0.4) is 0 Å². The quantitative estimate of drug-likeness (QED) is 0.857. The minimum absolute atomic E-state index is 0.0136. The van der Waals surface area contributed by atoms with Gasteiger partial charge in [0.25, 0.3) is 0 Å². The van der Waals surface area contributed by atoms with Gasteiger partial charge in [-0.25, -0.2) is 0 Å². The van der Waals surface area contributed by atoms with Gasteiger partial charge < -0.3 is 10.2 Å². The summed E-state index contributed by atoms with van der Waals surface area (Å²) in [5, 5.41) is 7.50. The first-order chi connectivity index (χ1) is 11.0. The normalized spacial score (nSPS) is 21.1. The summed E-state index contributed by atoms with van der Waals surface area (Å²) in [6.07, 6.45) is 3.35. The number of carbonyl (C=O) groups is 2. The van der Waals surface area contributed by atoms with Gasteiger partial charge in [0.2, 0.25) is 11.8 Å². The molecule has 2 amide bonds. The Labute approximate surface area is 137 Å². The molecule has 1 aliphatic carbocycles. The second-order valence-electron chi connectivity index (χ2n) is 6.68. The van der Waals surface area contributed by atoms with Crippen molar-refractivity contribution >= 4 is 11.8 Å². The number of rotatable bonds is 6. The third-order valence-corrected chi connectivity index (χ3v) is 5.02. The summed E-state index contributed by atoms with van der Waals surface area (Å²) in [4.78, 5) is 26.1. The molecular formula is C17H26N4O2. The largest absolute Gasteiger partial charge is 0.355 e. The number of hydrogen-bond acceptors (Lipinski definition) is 3. The van der Waals surface area contributed by atoms with Crippen molar-refractivity contribution in [2.24, 2.45) is 5.92 Å². The average molecular weight is 318 g/mol. The second kappa shape index (κ2) is 6.34. The molecule has 1 aromatic heterocycles. The lowest BCUT2D eigenvalue weighted by Gasteiger charge is -2.15. The van der Waals surface area contributed by atoms with Crippen LogP contribution in [0, 0.1) is 19.8 Å². The van der Waals surface area contributed by atoms with Crippen LogP contribution in [0.5, 0.6) is 0 Å². The minimum atomic E-state index is -0.177. The van der Waals surface area contributed by atoms with Crippen LogP contribution in [0.1, 0.15) is 43.1 Å². The van der Waals surface area contributed by atoms with E-state index in [1.54, 1.807) is 0 Å². The molecule has 1 N–H and O–H groups in total. The predicted molar refractivity (Wildman–Crippen MR) is 86.9 cm³/mol. The second-order valence-corrected chi connectivity index (χ2v) is 6.68. The fraction of sp³-hybridized carbons (Fsp3) is 0.706. The molecule has 1 aromatic rings. The summed E-state index contributed by atoms with van der Waals surface area (Å²) in [5.74, 6) is -0.0214. The van der Waals surface area contributed by atoms with Gasteiger partial charge in [-0.2, -0.15) is 5.10 Å². The molecule has 6 nitrogen and oxygen atoms in total. The maximum atomic E-state index is 12.3. The molecule has 23 heavy (non-hydrogen) atoms. The Balaban J connectivity index is 1.50. The summed E-state index contributed by atoms with van der Waals surface area (Å²) in [7, 11) is 0. The first-order valence-electron chi connectivity index (χ1n) is 8.61. The zero-order chi connectivity index (χ0) is 16.6. The zero-order valence-electron chi connectivity index (χ0n) is 14.3. The molecule has 126 valence electrons. The molecule has 0 aromatic carbocycles.